The Balaban J connectivity index is 1.97. The lowest BCUT2D eigenvalue weighted by Crippen LogP contribution is -2.33. The molecule has 28 heavy (non-hydrogen) atoms. The Morgan fingerprint density at radius 1 is 1.11 bits per heavy atom. The number of benzene rings is 2. The van der Waals surface area contributed by atoms with Gasteiger partial charge in [0, 0.05) is 13.1 Å². The molecule has 1 aromatic heterocycles. The number of imidazole rings is 1. The van der Waals surface area contributed by atoms with E-state index in [1.54, 1.807) is 4.90 Å². The third-order valence-electron chi connectivity index (χ3n) is 4.74. The molecule has 4 nitrogen and oxygen atoms in total. The highest BCUT2D eigenvalue weighted by Gasteiger charge is 2.22. The smallest absolute Gasteiger partial charge is 0.257 e. The monoisotopic (exact) mass is 385 g/mol. The van der Waals surface area contributed by atoms with Gasteiger partial charge in [0.15, 0.2) is 0 Å². The summed E-state index contributed by atoms with van der Waals surface area (Å²) in [5, 5.41) is 0. The van der Waals surface area contributed by atoms with Crippen LogP contribution in [0, 0.1) is 11.6 Å². The molecule has 148 valence electrons. The minimum atomic E-state index is -0.713. The molecular formula is C22H25F2N3O. The Hall–Kier alpha value is -2.76. The summed E-state index contributed by atoms with van der Waals surface area (Å²) in [6, 6.07) is 10.8. The van der Waals surface area contributed by atoms with Crippen molar-refractivity contribution in [2.75, 3.05) is 6.54 Å². The molecule has 0 unspecified atom stereocenters. The van der Waals surface area contributed by atoms with Crippen LogP contribution in [0.3, 0.4) is 0 Å². The van der Waals surface area contributed by atoms with Crippen LogP contribution in [-0.4, -0.2) is 26.9 Å². The van der Waals surface area contributed by atoms with Crippen molar-refractivity contribution in [1.82, 2.24) is 14.5 Å². The second kappa shape index (κ2) is 8.95. The first-order valence-corrected chi connectivity index (χ1v) is 9.73. The summed E-state index contributed by atoms with van der Waals surface area (Å²) in [6.07, 6.45) is 2.59. The molecule has 0 saturated carbocycles. The number of nitrogens with zero attached hydrogens (tertiary/aromatic N) is 3. The third kappa shape index (κ3) is 4.21. The summed E-state index contributed by atoms with van der Waals surface area (Å²) in [5.74, 6) is -1.10. The Bertz CT molecular complexity index is 968. The van der Waals surface area contributed by atoms with Crippen molar-refractivity contribution in [3.63, 3.8) is 0 Å². The zero-order valence-corrected chi connectivity index (χ0v) is 16.3. The van der Waals surface area contributed by atoms with E-state index in [4.69, 9.17) is 4.98 Å². The summed E-state index contributed by atoms with van der Waals surface area (Å²) in [4.78, 5) is 19.3. The predicted octanol–water partition coefficient (Wildman–Crippen LogP) is 5.17. The highest BCUT2D eigenvalue weighted by atomic mass is 19.1. The molecule has 0 aliphatic carbocycles. The van der Waals surface area contributed by atoms with Gasteiger partial charge in [-0.1, -0.05) is 32.4 Å². The van der Waals surface area contributed by atoms with Gasteiger partial charge in [0.2, 0.25) is 0 Å². The third-order valence-corrected chi connectivity index (χ3v) is 4.74. The SMILES string of the molecule is CCCCN(Cc1nc2ccccc2n1CCC)C(=O)c1cc(F)ccc1F. The fraction of sp³-hybridized carbons (Fsp3) is 0.364. The molecule has 2 aromatic carbocycles. The first-order valence-electron chi connectivity index (χ1n) is 9.73. The van der Waals surface area contributed by atoms with Crippen LogP contribution in [0.25, 0.3) is 11.0 Å². The molecule has 0 spiro atoms. The van der Waals surface area contributed by atoms with Crippen molar-refractivity contribution in [3.05, 3.63) is 65.5 Å². The molecule has 0 saturated heterocycles. The van der Waals surface area contributed by atoms with Gasteiger partial charge in [0.25, 0.3) is 5.91 Å². The summed E-state index contributed by atoms with van der Waals surface area (Å²) < 4.78 is 29.9. The van der Waals surface area contributed by atoms with Crippen LogP contribution in [0.1, 0.15) is 49.3 Å². The van der Waals surface area contributed by atoms with Gasteiger partial charge in [-0.05, 0) is 43.2 Å². The molecule has 0 N–H and O–H groups in total. The van der Waals surface area contributed by atoms with E-state index < -0.39 is 17.5 Å². The lowest BCUT2D eigenvalue weighted by molar-refractivity contribution is 0.0729. The number of hydrogen-bond acceptors (Lipinski definition) is 2. The van der Waals surface area contributed by atoms with Crippen molar-refractivity contribution in [2.24, 2.45) is 0 Å². The van der Waals surface area contributed by atoms with Gasteiger partial charge in [-0.25, -0.2) is 13.8 Å². The molecule has 3 rings (SSSR count). The molecule has 1 heterocycles. The number of fused-ring (bicyclic) bond motifs is 1. The number of amides is 1. The molecule has 0 aliphatic rings. The van der Waals surface area contributed by atoms with E-state index in [0.717, 1.165) is 60.9 Å². The first kappa shape index (κ1) is 20.0. The van der Waals surface area contributed by atoms with Crippen LogP contribution in [0.2, 0.25) is 0 Å². The Morgan fingerprint density at radius 3 is 2.64 bits per heavy atom. The van der Waals surface area contributed by atoms with E-state index >= 15 is 0 Å². The standard InChI is InChI=1S/C22H25F2N3O/c1-3-5-13-26(22(28)17-14-16(23)10-11-18(17)24)15-21-25-19-8-6-7-9-20(19)27(21)12-4-2/h6-11,14H,3-5,12-13,15H2,1-2H3. The maximum Gasteiger partial charge on any atom is 0.257 e. The number of rotatable bonds is 8. The van der Waals surface area contributed by atoms with Crippen molar-refractivity contribution in [3.8, 4) is 0 Å². The van der Waals surface area contributed by atoms with Gasteiger partial charge in [-0.2, -0.15) is 0 Å². The Kier molecular flexibility index (Phi) is 6.39. The van der Waals surface area contributed by atoms with Gasteiger partial charge >= 0.3 is 0 Å². The van der Waals surface area contributed by atoms with Crippen molar-refractivity contribution in [1.29, 1.82) is 0 Å². The number of aromatic nitrogens is 2. The maximum atomic E-state index is 14.2. The number of carbonyl (C=O) groups is 1. The van der Waals surface area contributed by atoms with E-state index in [1.807, 2.05) is 31.2 Å². The maximum absolute atomic E-state index is 14.2. The summed E-state index contributed by atoms with van der Waals surface area (Å²) >= 11 is 0. The van der Waals surface area contributed by atoms with Crippen LogP contribution in [0.5, 0.6) is 0 Å². The number of unbranched alkanes of at least 4 members (excludes halogenated alkanes) is 1. The molecule has 0 aliphatic heterocycles. The van der Waals surface area contributed by atoms with E-state index in [9.17, 15) is 13.6 Å². The minimum absolute atomic E-state index is 0.241. The van der Waals surface area contributed by atoms with Crippen LogP contribution in [0.4, 0.5) is 8.78 Å². The second-order valence-corrected chi connectivity index (χ2v) is 6.87. The number of hydrogen-bond donors (Lipinski definition) is 0. The van der Waals surface area contributed by atoms with Gasteiger partial charge in [-0.15, -0.1) is 0 Å². The van der Waals surface area contributed by atoms with Crippen LogP contribution in [0.15, 0.2) is 42.5 Å². The zero-order valence-electron chi connectivity index (χ0n) is 16.3. The molecule has 1 amide bonds. The normalized spacial score (nSPS) is 11.1. The van der Waals surface area contributed by atoms with E-state index in [2.05, 4.69) is 11.5 Å². The molecule has 0 fully saturated rings. The summed E-state index contributed by atoms with van der Waals surface area (Å²) in [6.45, 7) is 5.60. The molecule has 0 bridgehead atoms. The summed E-state index contributed by atoms with van der Waals surface area (Å²) in [7, 11) is 0. The quantitative estimate of drug-likeness (QED) is 0.537. The highest BCUT2D eigenvalue weighted by Crippen LogP contribution is 2.20. The average molecular weight is 385 g/mol. The minimum Gasteiger partial charge on any atom is -0.331 e. The fourth-order valence-electron chi connectivity index (χ4n) is 3.32. The lowest BCUT2D eigenvalue weighted by Gasteiger charge is -2.23. The molecular weight excluding hydrogens is 360 g/mol. The zero-order chi connectivity index (χ0) is 20.1. The van der Waals surface area contributed by atoms with Crippen molar-refractivity contribution in [2.45, 2.75) is 46.2 Å². The number of para-hydroxylation sites is 2. The van der Waals surface area contributed by atoms with Gasteiger partial charge in [-0.3, -0.25) is 4.79 Å². The van der Waals surface area contributed by atoms with E-state index in [1.165, 1.54) is 0 Å². The topological polar surface area (TPSA) is 38.1 Å². The average Bonchev–Trinajstić information content (AvgIpc) is 3.04. The van der Waals surface area contributed by atoms with E-state index in [-0.39, 0.29) is 12.1 Å². The highest BCUT2D eigenvalue weighted by molar-refractivity contribution is 5.94. The van der Waals surface area contributed by atoms with Gasteiger partial charge < -0.3 is 9.47 Å². The Morgan fingerprint density at radius 2 is 1.89 bits per heavy atom. The summed E-state index contributed by atoms with van der Waals surface area (Å²) in [5.41, 5.74) is 1.64. The number of halogens is 2. The molecule has 0 atom stereocenters. The van der Waals surface area contributed by atoms with Crippen LogP contribution < -0.4 is 0 Å². The molecule has 0 radical (unpaired) electrons. The number of carbonyl (C=O) groups excluding carboxylic acids is 1. The van der Waals surface area contributed by atoms with Crippen molar-refractivity contribution >= 4 is 16.9 Å². The van der Waals surface area contributed by atoms with Crippen LogP contribution >= 0.6 is 0 Å². The second-order valence-electron chi connectivity index (χ2n) is 6.87. The largest absolute Gasteiger partial charge is 0.331 e. The van der Waals surface area contributed by atoms with Gasteiger partial charge in [0.1, 0.15) is 17.5 Å². The Labute approximate surface area is 163 Å². The molecule has 3 aromatic rings. The van der Waals surface area contributed by atoms with Gasteiger partial charge in [0.05, 0.1) is 23.1 Å². The predicted molar refractivity (Wildman–Crippen MR) is 106 cm³/mol. The fourth-order valence-corrected chi connectivity index (χ4v) is 3.32. The van der Waals surface area contributed by atoms with Crippen LogP contribution in [-0.2, 0) is 13.1 Å². The first-order chi connectivity index (χ1) is 13.5. The van der Waals surface area contributed by atoms with Crippen molar-refractivity contribution < 1.29 is 13.6 Å². The van der Waals surface area contributed by atoms with E-state index in [0.29, 0.717) is 6.54 Å². The number of aryl methyl sites for hydroxylation is 1. The molecule has 6 heteroatoms. The lowest BCUT2D eigenvalue weighted by atomic mass is 10.1.